The van der Waals surface area contributed by atoms with Crippen LogP contribution in [0.1, 0.15) is 60.5 Å². The van der Waals surface area contributed by atoms with Crippen molar-refractivity contribution < 1.29 is 14.3 Å². The number of thioether (sulfide) groups is 1. The molecule has 1 aromatic heterocycles. The minimum absolute atomic E-state index is 0.0999. The summed E-state index contributed by atoms with van der Waals surface area (Å²) in [6.45, 7) is 11.0. The molecule has 0 unspecified atom stereocenters. The molecule has 1 aliphatic rings. The largest absolute Gasteiger partial charge is 0.462 e. The van der Waals surface area contributed by atoms with Crippen LogP contribution in [0.5, 0.6) is 0 Å². The number of rotatable bonds is 6. The van der Waals surface area contributed by atoms with E-state index in [-0.39, 0.29) is 17.3 Å². The number of esters is 1. The highest BCUT2D eigenvalue weighted by molar-refractivity contribution is 8.00. The van der Waals surface area contributed by atoms with Crippen LogP contribution in [-0.2, 0) is 22.4 Å². The Morgan fingerprint density at radius 3 is 2.57 bits per heavy atom. The first kappa shape index (κ1) is 22.9. The Bertz CT molecular complexity index is 910. The fourth-order valence-corrected chi connectivity index (χ4v) is 5.81. The van der Waals surface area contributed by atoms with Gasteiger partial charge < -0.3 is 10.1 Å². The van der Waals surface area contributed by atoms with Crippen molar-refractivity contribution in [2.45, 2.75) is 58.8 Å². The predicted octanol–water partition coefficient (Wildman–Crippen LogP) is 6.12. The summed E-state index contributed by atoms with van der Waals surface area (Å²) < 4.78 is 5.32. The van der Waals surface area contributed by atoms with Crippen LogP contribution in [0.15, 0.2) is 29.2 Å². The van der Waals surface area contributed by atoms with Crippen LogP contribution in [0.4, 0.5) is 5.00 Å². The van der Waals surface area contributed by atoms with Crippen LogP contribution in [-0.4, -0.2) is 24.2 Å². The standard InChI is InChI=1S/C24H31NO3S2/c1-6-28-23(27)21-18-12-9-16(24(3,4)5)13-19(18)30-22(21)25-20(26)14-29-17-10-7-15(2)8-11-17/h7-8,10-11,16H,6,9,12-14H2,1-5H3,(H,25,26)/t16-/m0/s1. The Kier molecular flexibility index (Phi) is 7.30. The highest BCUT2D eigenvalue weighted by atomic mass is 32.2. The molecular formula is C24H31NO3S2. The number of anilines is 1. The maximum absolute atomic E-state index is 12.7. The third-order valence-electron chi connectivity index (χ3n) is 5.61. The average Bonchev–Trinajstić information content (AvgIpc) is 3.04. The predicted molar refractivity (Wildman–Crippen MR) is 126 cm³/mol. The van der Waals surface area contributed by atoms with E-state index in [1.807, 2.05) is 38.1 Å². The van der Waals surface area contributed by atoms with Crippen LogP contribution in [0.3, 0.4) is 0 Å². The lowest BCUT2D eigenvalue weighted by Gasteiger charge is -2.33. The van der Waals surface area contributed by atoms with Crippen molar-refractivity contribution >= 4 is 40.0 Å². The number of amides is 1. The first-order valence-electron chi connectivity index (χ1n) is 10.5. The number of nitrogens with one attached hydrogen (secondary N) is 1. The number of thiophene rings is 1. The zero-order valence-electron chi connectivity index (χ0n) is 18.5. The molecule has 1 aliphatic carbocycles. The van der Waals surface area contributed by atoms with Crippen LogP contribution in [0, 0.1) is 18.3 Å². The second-order valence-electron chi connectivity index (χ2n) is 8.88. The summed E-state index contributed by atoms with van der Waals surface area (Å²) in [4.78, 5) is 27.6. The van der Waals surface area contributed by atoms with Gasteiger partial charge in [0, 0.05) is 9.77 Å². The van der Waals surface area contributed by atoms with E-state index in [1.54, 1.807) is 11.3 Å². The monoisotopic (exact) mass is 445 g/mol. The molecule has 6 heteroatoms. The third-order valence-corrected chi connectivity index (χ3v) is 7.80. The van der Waals surface area contributed by atoms with Gasteiger partial charge in [0.15, 0.2) is 0 Å². The number of aryl methyl sites for hydroxylation is 1. The van der Waals surface area contributed by atoms with Crippen LogP contribution >= 0.6 is 23.1 Å². The summed E-state index contributed by atoms with van der Waals surface area (Å²) in [6.07, 6.45) is 2.86. The van der Waals surface area contributed by atoms with Gasteiger partial charge >= 0.3 is 5.97 Å². The summed E-state index contributed by atoms with van der Waals surface area (Å²) in [5, 5.41) is 3.64. The van der Waals surface area contributed by atoms with Crippen LogP contribution < -0.4 is 5.32 Å². The molecule has 0 radical (unpaired) electrons. The van der Waals surface area contributed by atoms with E-state index in [1.165, 1.54) is 22.2 Å². The highest BCUT2D eigenvalue weighted by Gasteiger charge is 2.34. The van der Waals surface area contributed by atoms with Crippen molar-refractivity contribution in [3.63, 3.8) is 0 Å². The van der Waals surface area contributed by atoms with Crippen molar-refractivity contribution in [3.8, 4) is 0 Å². The lowest BCUT2D eigenvalue weighted by molar-refractivity contribution is -0.113. The van der Waals surface area contributed by atoms with Crippen molar-refractivity contribution in [2.24, 2.45) is 11.3 Å². The molecule has 0 bridgehead atoms. The van der Waals surface area contributed by atoms with Gasteiger partial charge in [-0.1, -0.05) is 38.5 Å². The van der Waals surface area contributed by atoms with Crippen molar-refractivity contribution in [1.82, 2.24) is 0 Å². The molecule has 0 fully saturated rings. The SMILES string of the molecule is CCOC(=O)c1c(NC(=O)CSc2ccc(C)cc2)sc2c1CC[C@H](C(C)(C)C)C2. The van der Waals surface area contributed by atoms with Gasteiger partial charge in [-0.25, -0.2) is 4.79 Å². The van der Waals surface area contributed by atoms with Crippen LogP contribution in [0.25, 0.3) is 0 Å². The Balaban J connectivity index is 1.77. The molecule has 30 heavy (non-hydrogen) atoms. The van der Waals surface area contributed by atoms with E-state index in [9.17, 15) is 9.59 Å². The third kappa shape index (κ3) is 5.46. The first-order chi connectivity index (χ1) is 14.2. The number of benzene rings is 1. The van der Waals surface area contributed by atoms with Gasteiger partial charge in [0.1, 0.15) is 5.00 Å². The summed E-state index contributed by atoms with van der Waals surface area (Å²) in [7, 11) is 0. The van der Waals surface area contributed by atoms with Gasteiger partial charge in [-0.15, -0.1) is 23.1 Å². The van der Waals surface area contributed by atoms with E-state index in [2.05, 4.69) is 26.1 Å². The maximum atomic E-state index is 12.7. The molecular weight excluding hydrogens is 414 g/mol. The molecule has 162 valence electrons. The molecule has 1 amide bonds. The molecule has 1 N–H and O–H groups in total. The quantitative estimate of drug-likeness (QED) is 0.430. The summed E-state index contributed by atoms with van der Waals surface area (Å²) in [5.41, 5.74) is 3.05. The molecule has 1 atom stereocenters. The van der Waals surface area contributed by atoms with Gasteiger partial charge in [0.25, 0.3) is 0 Å². The number of fused-ring (bicyclic) bond motifs is 1. The molecule has 0 saturated carbocycles. The second kappa shape index (κ2) is 9.56. The van der Waals surface area contributed by atoms with Gasteiger partial charge in [0.2, 0.25) is 5.91 Å². The number of carbonyl (C=O) groups excluding carboxylic acids is 2. The Labute approximate surface area is 187 Å². The minimum atomic E-state index is -0.328. The molecule has 4 nitrogen and oxygen atoms in total. The number of hydrogen-bond acceptors (Lipinski definition) is 5. The summed E-state index contributed by atoms with van der Waals surface area (Å²) >= 11 is 3.04. The molecule has 1 heterocycles. The Morgan fingerprint density at radius 1 is 1.23 bits per heavy atom. The lowest BCUT2D eigenvalue weighted by atomic mass is 9.72. The average molecular weight is 446 g/mol. The second-order valence-corrected chi connectivity index (χ2v) is 11.0. The van der Waals surface area contributed by atoms with Gasteiger partial charge in [-0.3, -0.25) is 4.79 Å². The molecule has 2 aromatic rings. The molecule has 1 aromatic carbocycles. The van der Waals surface area contributed by atoms with Crippen molar-refractivity contribution in [2.75, 3.05) is 17.7 Å². The van der Waals surface area contributed by atoms with Crippen molar-refractivity contribution in [3.05, 3.63) is 45.8 Å². The minimum Gasteiger partial charge on any atom is -0.462 e. The molecule has 0 aliphatic heterocycles. The van der Waals surface area contributed by atoms with E-state index < -0.39 is 0 Å². The fourth-order valence-electron chi connectivity index (χ4n) is 3.78. The van der Waals surface area contributed by atoms with E-state index in [4.69, 9.17) is 4.74 Å². The van der Waals surface area contributed by atoms with Crippen molar-refractivity contribution in [1.29, 1.82) is 0 Å². The van der Waals surface area contributed by atoms with Gasteiger partial charge in [-0.05, 0) is 62.1 Å². The number of ether oxygens (including phenoxy) is 1. The lowest BCUT2D eigenvalue weighted by Crippen LogP contribution is -2.26. The topological polar surface area (TPSA) is 55.4 Å². The maximum Gasteiger partial charge on any atom is 0.341 e. The smallest absolute Gasteiger partial charge is 0.341 e. The van der Waals surface area contributed by atoms with E-state index >= 15 is 0 Å². The number of hydrogen-bond donors (Lipinski definition) is 1. The normalized spacial score (nSPS) is 16.1. The zero-order chi connectivity index (χ0) is 21.9. The van der Waals surface area contributed by atoms with E-state index in [0.29, 0.717) is 28.8 Å². The van der Waals surface area contributed by atoms with Gasteiger partial charge in [0.05, 0.1) is 17.9 Å². The zero-order valence-corrected chi connectivity index (χ0v) is 20.1. The summed E-state index contributed by atoms with van der Waals surface area (Å²) in [6, 6.07) is 8.12. The number of carbonyl (C=O) groups is 2. The molecule has 0 saturated heterocycles. The summed E-state index contributed by atoms with van der Waals surface area (Å²) in [5.74, 6) is 0.445. The highest BCUT2D eigenvalue weighted by Crippen LogP contribution is 2.44. The first-order valence-corrected chi connectivity index (χ1v) is 12.3. The van der Waals surface area contributed by atoms with Crippen LogP contribution in [0.2, 0.25) is 0 Å². The molecule has 0 spiro atoms. The van der Waals surface area contributed by atoms with Gasteiger partial charge in [-0.2, -0.15) is 0 Å². The Hall–Kier alpha value is -1.79. The fraction of sp³-hybridized carbons (Fsp3) is 0.500. The van der Waals surface area contributed by atoms with E-state index in [0.717, 1.165) is 29.7 Å². The Morgan fingerprint density at radius 2 is 1.93 bits per heavy atom. The molecule has 3 rings (SSSR count).